The lowest BCUT2D eigenvalue weighted by Crippen LogP contribution is -2.42. The number of aromatic nitrogens is 2. The lowest BCUT2D eigenvalue weighted by atomic mass is 9.96. The largest absolute Gasteiger partial charge is 0.351 e. The third-order valence-electron chi connectivity index (χ3n) is 6.21. The van der Waals surface area contributed by atoms with Gasteiger partial charge in [0.2, 0.25) is 11.8 Å². The number of hydrogen-bond donors (Lipinski definition) is 1. The fraction of sp³-hybridized carbons (Fsp3) is 0.476. The van der Waals surface area contributed by atoms with Gasteiger partial charge >= 0.3 is 0 Å². The number of rotatable bonds is 4. The molecule has 27 heavy (non-hydrogen) atoms. The first-order chi connectivity index (χ1) is 13.2. The second-order valence-corrected chi connectivity index (χ2v) is 8.00. The van der Waals surface area contributed by atoms with Crippen molar-refractivity contribution in [1.82, 2.24) is 19.8 Å². The van der Waals surface area contributed by atoms with Crippen molar-refractivity contribution >= 4 is 11.8 Å². The summed E-state index contributed by atoms with van der Waals surface area (Å²) in [5.41, 5.74) is 1.31. The number of fused-ring (bicyclic) bond motifs is 1. The van der Waals surface area contributed by atoms with E-state index in [-0.39, 0.29) is 23.8 Å². The normalized spacial score (nSPS) is 29.5. The van der Waals surface area contributed by atoms with Gasteiger partial charge in [-0.3, -0.25) is 9.59 Å². The van der Waals surface area contributed by atoms with E-state index < -0.39 is 0 Å². The number of carbonyl (C=O) groups is 2. The molecule has 2 aliphatic heterocycles. The maximum absolute atomic E-state index is 12.7. The first-order valence-electron chi connectivity index (χ1n) is 9.84. The van der Waals surface area contributed by atoms with Gasteiger partial charge in [0.05, 0.1) is 6.04 Å². The summed E-state index contributed by atoms with van der Waals surface area (Å²) in [7, 11) is 0. The molecule has 1 saturated heterocycles. The topological polar surface area (TPSA) is 67.2 Å². The fourth-order valence-electron chi connectivity index (χ4n) is 4.63. The van der Waals surface area contributed by atoms with Gasteiger partial charge in [-0.1, -0.05) is 30.3 Å². The zero-order valence-electron chi connectivity index (χ0n) is 15.3. The Kier molecular flexibility index (Phi) is 3.99. The van der Waals surface area contributed by atoms with Gasteiger partial charge in [-0.05, 0) is 18.4 Å². The Morgan fingerprint density at radius 3 is 2.89 bits per heavy atom. The van der Waals surface area contributed by atoms with Gasteiger partial charge in [-0.25, -0.2) is 4.98 Å². The van der Waals surface area contributed by atoms with E-state index in [0.29, 0.717) is 31.3 Å². The minimum Gasteiger partial charge on any atom is -0.351 e. The number of nitrogens with zero attached hydrogens (tertiary/aromatic N) is 3. The molecular formula is C21H24N4O2. The molecule has 0 bridgehead atoms. The molecule has 5 rings (SSSR count). The van der Waals surface area contributed by atoms with E-state index in [1.807, 2.05) is 17.2 Å². The van der Waals surface area contributed by atoms with Crippen LogP contribution in [0, 0.1) is 5.92 Å². The Bertz CT molecular complexity index is 862. The Labute approximate surface area is 158 Å². The van der Waals surface area contributed by atoms with E-state index in [9.17, 15) is 9.59 Å². The van der Waals surface area contributed by atoms with E-state index in [4.69, 9.17) is 0 Å². The van der Waals surface area contributed by atoms with Crippen molar-refractivity contribution in [1.29, 1.82) is 0 Å². The highest BCUT2D eigenvalue weighted by Gasteiger charge is 2.48. The highest BCUT2D eigenvalue weighted by molar-refractivity contribution is 5.84. The summed E-state index contributed by atoms with van der Waals surface area (Å²) in [6.45, 7) is 1.48. The van der Waals surface area contributed by atoms with Crippen LogP contribution in [0.5, 0.6) is 0 Å². The number of aryl methyl sites for hydroxylation is 1. The molecule has 3 aliphatic rings. The van der Waals surface area contributed by atoms with Crippen LogP contribution in [-0.4, -0.2) is 44.9 Å². The number of likely N-dealkylation sites (tertiary alicyclic amines) is 1. The molecule has 2 aromatic rings. The molecule has 0 radical (unpaired) electrons. The van der Waals surface area contributed by atoms with Crippen molar-refractivity contribution in [3.05, 3.63) is 54.1 Å². The van der Waals surface area contributed by atoms with Gasteiger partial charge in [-0.2, -0.15) is 0 Å². The first kappa shape index (κ1) is 16.5. The molecule has 4 unspecified atom stereocenters. The van der Waals surface area contributed by atoms with Crippen molar-refractivity contribution < 1.29 is 9.59 Å². The smallest absolute Gasteiger partial charge is 0.225 e. The van der Waals surface area contributed by atoms with Gasteiger partial charge in [-0.15, -0.1) is 0 Å². The van der Waals surface area contributed by atoms with E-state index in [1.165, 1.54) is 5.56 Å². The van der Waals surface area contributed by atoms with Gasteiger partial charge < -0.3 is 14.8 Å². The van der Waals surface area contributed by atoms with Crippen LogP contribution in [0.4, 0.5) is 0 Å². The standard InChI is InChI=1S/C21H24N4O2/c26-20-11-16(13-25(20)18-12-17(18)14-4-2-1-3-5-14)23-21(27)15-6-8-24-9-7-22-19(24)10-15/h1-5,7,9,15-18H,6,8,10-13H2,(H,23,27). The highest BCUT2D eigenvalue weighted by atomic mass is 16.2. The molecule has 2 fully saturated rings. The number of imidazole rings is 1. The summed E-state index contributed by atoms with van der Waals surface area (Å²) >= 11 is 0. The number of amides is 2. The van der Waals surface area contributed by atoms with Crippen LogP contribution >= 0.6 is 0 Å². The first-order valence-corrected chi connectivity index (χ1v) is 9.84. The summed E-state index contributed by atoms with van der Waals surface area (Å²) in [4.78, 5) is 31.5. The minimum absolute atomic E-state index is 0.0398. The average Bonchev–Trinajstić information content (AvgIpc) is 3.18. The molecule has 6 heteroatoms. The number of hydrogen-bond acceptors (Lipinski definition) is 3. The van der Waals surface area contributed by atoms with Crippen LogP contribution in [0.1, 0.15) is 36.6 Å². The van der Waals surface area contributed by atoms with E-state index in [0.717, 1.165) is 25.2 Å². The van der Waals surface area contributed by atoms with Gasteiger partial charge in [0.25, 0.3) is 0 Å². The highest BCUT2D eigenvalue weighted by Crippen LogP contribution is 2.45. The summed E-state index contributed by atoms with van der Waals surface area (Å²) < 4.78 is 2.11. The summed E-state index contributed by atoms with van der Waals surface area (Å²) in [6, 6.07) is 10.6. The van der Waals surface area contributed by atoms with Gasteiger partial charge in [0.15, 0.2) is 0 Å². The molecule has 1 aliphatic carbocycles. The predicted molar refractivity (Wildman–Crippen MR) is 99.9 cm³/mol. The van der Waals surface area contributed by atoms with Crippen molar-refractivity contribution in [2.24, 2.45) is 5.92 Å². The van der Waals surface area contributed by atoms with Crippen LogP contribution in [0.25, 0.3) is 0 Å². The zero-order valence-corrected chi connectivity index (χ0v) is 15.3. The lowest BCUT2D eigenvalue weighted by molar-refractivity contribution is -0.128. The zero-order chi connectivity index (χ0) is 18.4. The van der Waals surface area contributed by atoms with Crippen LogP contribution in [0.15, 0.2) is 42.7 Å². The lowest BCUT2D eigenvalue weighted by Gasteiger charge is -2.24. The number of nitrogens with one attached hydrogen (secondary N) is 1. The van der Waals surface area contributed by atoms with Crippen molar-refractivity contribution in [3.63, 3.8) is 0 Å². The van der Waals surface area contributed by atoms with Crippen LogP contribution in [0.2, 0.25) is 0 Å². The second-order valence-electron chi connectivity index (χ2n) is 8.00. The molecule has 6 nitrogen and oxygen atoms in total. The average molecular weight is 364 g/mol. The quantitative estimate of drug-likeness (QED) is 0.898. The predicted octanol–water partition coefficient (Wildman–Crippen LogP) is 1.72. The Balaban J connectivity index is 1.17. The van der Waals surface area contributed by atoms with Gasteiger partial charge in [0, 0.05) is 56.2 Å². The minimum atomic E-state index is -0.0660. The molecule has 4 atom stereocenters. The van der Waals surface area contributed by atoms with Crippen molar-refractivity contribution in [2.75, 3.05) is 6.54 Å². The third-order valence-corrected chi connectivity index (χ3v) is 6.21. The summed E-state index contributed by atoms with van der Waals surface area (Å²) in [6.07, 6.45) is 6.73. The monoisotopic (exact) mass is 364 g/mol. The molecule has 2 amide bonds. The molecule has 140 valence electrons. The molecule has 1 aromatic heterocycles. The molecule has 1 N–H and O–H groups in total. The van der Waals surface area contributed by atoms with E-state index in [1.54, 1.807) is 6.20 Å². The maximum Gasteiger partial charge on any atom is 0.225 e. The van der Waals surface area contributed by atoms with Crippen LogP contribution < -0.4 is 5.32 Å². The number of benzene rings is 1. The van der Waals surface area contributed by atoms with Crippen molar-refractivity contribution in [3.8, 4) is 0 Å². The summed E-state index contributed by atoms with van der Waals surface area (Å²) in [5, 5.41) is 3.13. The molecule has 1 saturated carbocycles. The number of carbonyl (C=O) groups excluding carboxylic acids is 2. The molecule has 3 heterocycles. The SMILES string of the molecule is O=C(NC1CC(=O)N(C2CC2c2ccccc2)C1)C1CCn2ccnc2C1. The molecule has 0 spiro atoms. The Morgan fingerprint density at radius 1 is 1.19 bits per heavy atom. The fourth-order valence-corrected chi connectivity index (χ4v) is 4.63. The van der Waals surface area contributed by atoms with Gasteiger partial charge in [0.1, 0.15) is 5.82 Å². The molecular weight excluding hydrogens is 340 g/mol. The molecule has 1 aromatic carbocycles. The van der Waals surface area contributed by atoms with E-state index in [2.05, 4.69) is 39.1 Å². The Hall–Kier alpha value is -2.63. The third kappa shape index (κ3) is 3.13. The van der Waals surface area contributed by atoms with Crippen LogP contribution in [-0.2, 0) is 22.6 Å². The van der Waals surface area contributed by atoms with Crippen LogP contribution in [0.3, 0.4) is 0 Å². The summed E-state index contributed by atoms with van der Waals surface area (Å²) in [5.74, 6) is 1.63. The van der Waals surface area contributed by atoms with Crippen molar-refractivity contribution in [2.45, 2.75) is 50.2 Å². The maximum atomic E-state index is 12.7. The Morgan fingerprint density at radius 2 is 2.04 bits per heavy atom. The second kappa shape index (κ2) is 6.51. The van der Waals surface area contributed by atoms with E-state index >= 15 is 0 Å².